The molecule has 0 aromatic heterocycles. The Morgan fingerprint density at radius 3 is 1.89 bits per heavy atom. The number of fused-ring (bicyclic) bond motifs is 1. The van der Waals surface area contributed by atoms with E-state index in [0.717, 1.165) is 17.2 Å². The molecule has 0 fully saturated rings. The van der Waals surface area contributed by atoms with E-state index in [-0.39, 0.29) is 10.1 Å². The third kappa shape index (κ3) is 5.25. The third-order valence-electron chi connectivity index (χ3n) is 7.90. The van der Waals surface area contributed by atoms with E-state index >= 15 is 0 Å². The van der Waals surface area contributed by atoms with Crippen LogP contribution in [0.5, 0.6) is 5.75 Å². The Bertz CT molecular complexity index is 1220. The average molecular weight is 494 g/mol. The first kappa shape index (κ1) is 27.6. The summed E-state index contributed by atoms with van der Waals surface area (Å²) in [6, 6.07) is 18.1. The van der Waals surface area contributed by atoms with Crippen LogP contribution in [0.4, 0.5) is 17.1 Å². The minimum absolute atomic E-state index is 0.0672. The monoisotopic (exact) mass is 493 g/mol. The quantitative estimate of drug-likeness (QED) is 0.181. The van der Waals surface area contributed by atoms with Crippen molar-refractivity contribution < 1.29 is 19.6 Å². The fraction of sp³-hybridized carbons (Fsp3) is 0.414. The van der Waals surface area contributed by atoms with Crippen molar-refractivity contribution in [3.8, 4) is 5.75 Å². The molecule has 0 aliphatic rings. The van der Waals surface area contributed by atoms with Gasteiger partial charge in [0.15, 0.2) is 5.60 Å². The second-order valence-electron chi connectivity index (χ2n) is 10.9. The lowest BCUT2D eigenvalue weighted by Gasteiger charge is -2.49. The minimum Gasteiger partial charge on any atom is -0.628 e. The number of nitrogens with one attached hydrogen (secondary N) is 2. The summed E-state index contributed by atoms with van der Waals surface area (Å²) >= 11 is 0. The smallest absolute Gasteiger partial charge is 0.216 e. The largest absolute Gasteiger partial charge is 0.628 e. The molecule has 7 nitrogen and oxygen atoms in total. The highest BCUT2D eigenvalue weighted by molar-refractivity contribution is 5.85. The summed E-state index contributed by atoms with van der Waals surface area (Å²) in [6.07, 6.45) is 1.38. The molecule has 194 valence electrons. The SMILES string of the molecule is C=[N+]([O-])c1ccc([NH+]([O-])C(C)(C)C(C)(CC)Oc2ccc3cc([NH+]([O-])C(C)(C)CC)ccc3c2)cc1. The Morgan fingerprint density at radius 1 is 0.778 bits per heavy atom. The molecule has 0 saturated heterocycles. The van der Waals surface area contributed by atoms with E-state index in [4.69, 9.17) is 4.74 Å². The van der Waals surface area contributed by atoms with Gasteiger partial charge in [-0.1, -0.05) is 19.9 Å². The molecule has 0 heterocycles. The van der Waals surface area contributed by atoms with Gasteiger partial charge in [-0.2, -0.15) is 4.74 Å². The lowest BCUT2D eigenvalue weighted by molar-refractivity contribution is -0.845. The van der Waals surface area contributed by atoms with Crippen molar-refractivity contribution in [2.45, 2.75) is 78.0 Å². The topological polar surface area (TPSA) is 90.3 Å². The number of nitrogens with zero attached hydrogens (tertiary/aromatic N) is 1. The molecule has 3 aromatic rings. The fourth-order valence-corrected chi connectivity index (χ4v) is 4.26. The number of rotatable bonds is 10. The van der Waals surface area contributed by atoms with Gasteiger partial charge in [-0.05, 0) is 82.5 Å². The molecular weight excluding hydrogens is 454 g/mol. The number of hydrogen-bond donors (Lipinski definition) is 2. The maximum Gasteiger partial charge on any atom is 0.216 e. The Morgan fingerprint density at radius 2 is 1.33 bits per heavy atom. The molecular formula is C29H39N3O4. The van der Waals surface area contributed by atoms with Gasteiger partial charge in [0, 0.05) is 30.3 Å². The van der Waals surface area contributed by atoms with Crippen LogP contribution in [0.25, 0.3) is 10.8 Å². The number of benzene rings is 3. The van der Waals surface area contributed by atoms with Crippen LogP contribution >= 0.6 is 0 Å². The molecule has 36 heavy (non-hydrogen) atoms. The van der Waals surface area contributed by atoms with Crippen LogP contribution in [0.15, 0.2) is 60.7 Å². The molecule has 3 aromatic carbocycles. The molecule has 0 aliphatic carbocycles. The standard InChI is InChI=1S/C29H39N3O4/c1-9-27(3,4)31(34)25-13-11-22-20-26(18-12-21(22)19-25)36-29(7,10-2)28(5,6)32(35)24-16-14-23(15-17-24)30(8)33/h11-20,31-32H,8-10H2,1-7H3. The number of ether oxygens (including phenoxy) is 1. The Labute approximate surface area is 214 Å². The van der Waals surface area contributed by atoms with Crippen molar-refractivity contribution in [3.63, 3.8) is 0 Å². The first-order chi connectivity index (χ1) is 16.8. The van der Waals surface area contributed by atoms with Gasteiger partial charge in [0.2, 0.25) is 5.69 Å². The zero-order valence-corrected chi connectivity index (χ0v) is 22.5. The van der Waals surface area contributed by atoms with Gasteiger partial charge in [-0.25, -0.2) is 0 Å². The van der Waals surface area contributed by atoms with Crippen LogP contribution < -0.4 is 14.9 Å². The second-order valence-corrected chi connectivity index (χ2v) is 10.9. The molecule has 3 unspecified atom stereocenters. The van der Waals surface area contributed by atoms with E-state index in [1.807, 2.05) is 84.9 Å². The molecule has 0 saturated carbocycles. The summed E-state index contributed by atoms with van der Waals surface area (Å²) < 4.78 is 7.04. The van der Waals surface area contributed by atoms with E-state index in [9.17, 15) is 15.6 Å². The predicted molar refractivity (Wildman–Crippen MR) is 147 cm³/mol. The summed E-state index contributed by atoms with van der Waals surface area (Å²) in [5.74, 6) is 0.662. The van der Waals surface area contributed by atoms with Crippen LogP contribution in [-0.4, -0.2) is 28.1 Å². The van der Waals surface area contributed by atoms with E-state index in [1.54, 1.807) is 24.3 Å². The maximum absolute atomic E-state index is 13.5. The first-order valence-electron chi connectivity index (χ1n) is 12.5. The third-order valence-corrected chi connectivity index (χ3v) is 7.90. The Hall–Kier alpha value is -2.97. The van der Waals surface area contributed by atoms with Crippen molar-refractivity contribution in [1.82, 2.24) is 0 Å². The van der Waals surface area contributed by atoms with Gasteiger partial charge >= 0.3 is 0 Å². The molecule has 2 N–H and O–H groups in total. The molecule has 7 heteroatoms. The van der Waals surface area contributed by atoms with E-state index < -0.39 is 16.7 Å². The highest BCUT2D eigenvalue weighted by Crippen LogP contribution is 2.33. The van der Waals surface area contributed by atoms with Gasteiger partial charge in [0.25, 0.3) is 0 Å². The van der Waals surface area contributed by atoms with Crippen LogP contribution in [0.3, 0.4) is 0 Å². The van der Waals surface area contributed by atoms with Gasteiger partial charge in [-0.15, -0.1) is 0 Å². The van der Waals surface area contributed by atoms with Crippen molar-refractivity contribution in [2.75, 3.05) is 0 Å². The molecule has 0 bridgehead atoms. The van der Waals surface area contributed by atoms with Crippen molar-refractivity contribution in [3.05, 3.63) is 76.3 Å². The van der Waals surface area contributed by atoms with E-state index in [1.165, 1.54) is 0 Å². The van der Waals surface area contributed by atoms with Gasteiger partial charge in [0.1, 0.15) is 29.4 Å². The number of quaternary nitrogens is 2. The van der Waals surface area contributed by atoms with Crippen molar-refractivity contribution in [2.24, 2.45) is 0 Å². The van der Waals surface area contributed by atoms with Gasteiger partial charge < -0.3 is 30.5 Å². The molecule has 3 rings (SSSR count). The molecule has 0 aliphatic heterocycles. The Kier molecular flexibility index (Phi) is 7.81. The van der Waals surface area contributed by atoms with Gasteiger partial charge in [0.05, 0.1) is 5.54 Å². The zero-order valence-electron chi connectivity index (χ0n) is 22.5. The van der Waals surface area contributed by atoms with Gasteiger partial charge in [-0.3, -0.25) is 0 Å². The molecule has 3 atom stereocenters. The fourth-order valence-electron chi connectivity index (χ4n) is 4.26. The normalized spacial score (nSPS) is 15.8. The Balaban J connectivity index is 1.88. The summed E-state index contributed by atoms with van der Waals surface area (Å²) in [7, 11) is 0. The molecule has 0 radical (unpaired) electrons. The summed E-state index contributed by atoms with van der Waals surface area (Å²) in [5, 5.41) is 39.9. The number of hydrogen-bond acceptors (Lipinski definition) is 4. The van der Waals surface area contributed by atoms with Crippen LogP contribution in [0, 0.1) is 15.6 Å². The maximum atomic E-state index is 13.5. The van der Waals surface area contributed by atoms with Crippen LogP contribution in [-0.2, 0) is 0 Å². The zero-order chi connectivity index (χ0) is 26.9. The lowest BCUT2D eigenvalue weighted by atomic mass is 9.81. The lowest BCUT2D eigenvalue weighted by Crippen LogP contribution is -3.14. The minimum atomic E-state index is -0.859. The van der Waals surface area contributed by atoms with Crippen molar-refractivity contribution >= 4 is 34.6 Å². The van der Waals surface area contributed by atoms with Crippen molar-refractivity contribution in [1.29, 1.82) is 0 Å². The average Bonchev–Trinajstić information content (AvgIpc) is 2.87. The molecule has 0 amide bonds. The summed E-state index contributed by atoms with van der Waals surface area (Å²) in [5.41, 5.74) is -0.452. The van der Waals surface area contributed by atoms with Crippen LogP contribution in [0.2, 0.25) is 0 Å². The summed E-state index contributed by atoms with van der Waals surface area (Å²) in [4.78, 5) is 0. The van der Waals surface area contributed by atoms with Crippen LogP contribution in [0.1, 0.15) is 61.3 Å². The predicted octanol–water partition coefficient (Wildman–Crippen LogP) is 4.93. The van der Waals surface area contributed by atoms with E-state index in [0.29, 0.717) is 34.0 Å². The number of hydroxylamine groups is 2. The highest BCUT2D eigenvalue weighted by atomic mass is 16.5. The summed E-state index contributed by atoms with van der Waals surface area (Å²) in [6.45, 7) is 17.0. The second kappa shape index (κ2) is 10.2. The highest BCUT2D eigenvalue weighted by Gasteiger charge is 2.48. The van der Waals surface area contributed by atoms with E-state index in [2.05, 4.69) is 6.72 Å². The first-order valence-corrected chi connectivity index (χ1v) is 12.5. The molecule has 0 spiro atoms.